The van der Waals surface area contributed by atoms with Gasteiger partial charge in [-0.05, 0) is 15.9 Å². The molecule has 2 heterocycles. The van der Waals surface area contributed by atoms with E-state index in [1.54, 1.807) is 0 Å². The van der Waals surface area contributed by atoms with Crippen molar-refractivity contribution in [3.8, 4) is 0 Å². The number of aromatic amines is 1. The van der Waals surface area contributed by atoms with E-state index in [0.29, 0.717) is 0 Å². The normalized spacial score (nSPS) is 27.0. The number of aromatic nitrogens is 3. The van der Waals surface area contributed by atoms with Crippen molar-refractivity contribution in [3.63, 3.8) is 0 Å². The zero-order valence-corrected chi connectivity index (χ0v) is 11.6. The maximum absolute atomic E-state index is 12.7. The van der Waals surface area contributed by atoms with Crippen molar-refractivity contribution in [2.75, 3.05) is 6.61 Å². The van der Waals surface area contributed by atoms with Gasteiger partial charge in [0.15, 0.2) is 16.7 Å². The van der Waals surface area contributed by atoms with Crippen molar-refractivity contribution in [2.24, 2.45) is 0 Å². The van der Waals surface area contributed by atoms with E-state index in [1.165, 1.54) is 0 Å². The van der Waals surface area contributed by atoms with E-state index in [9.17, 15) is 19.1 Å². The highest BCUT2D eigenvalue weighted by atomic mass is 79.9. The molecule has 110 valence electrons. The van der Waals surface area contributed by atoms with Crippen LogP contribution in [0.5, 0.6) is 0 Å². The number of H-pyrrole nitrogens is 1. The van der Waals surface area contributed by atoms with Crippen LogP contribution in [0.15, 0.2) is 14.3 Å². The third kappa shape index (κ3) is 3.03. The summed E-state index contributed by atoms with van der Waals surface area (Å²) in [6.45, 7) is -0.418. The van der Waals surface area contributed by atoms with Gasteiger partial charge < -0.3 is 14.9 Å². The summed E-state index contributed by atoms with van der Waals surface area (Å²) in [6.07, 6.45) is -1.93. The number of hydrogen-bond acceptors (Lipinski definition) is 6. The molecule has 8 nitrogen and oxygen atoms in total. The lowest BCUT2D eigenvalue weighted by Gasteiger charge is -2.13. The minimum atomic E-state index is -0.961. The van der Waals surface area contributed by atoms with Crippen LogP contribution in [0.2, 0.25) is 0 Å². The predicted molar refractivity (Wildman–Crippen MR) is 68.7 cm³/mol. The zero-order valence-electron chi connectivity index (χ0n) is 9.99. The monoisotopic (exact) mass is 351 g/mol. The van der Waals surface area contributed by atoms with Crippen LogP contribution in [0.3, 0.4) is 0 Å². The first-order valence-corrected chi connectivity index (χ1v) is 6.42. The van der Waals surface area contributed by atoms with Crippen LogP contribution in [0.25, 0.3) is 6.08 Å². The maximum Gasteiger partial charge on any atom is 0.347 e. The average Bonchev–Trinajstić information content (AvgIpc) is 2.73. The lowest BCUT2D eigenvalue weighted by Crippen LogP contribution is -2.36. The predicted octanol–water partition coefficient (Wildman–Crippen LogP) is -0.765. The molecule has 10 heteroatoms. The lowest BCUT2D eigenvalue weighted by molar-refractivity contribution is -0.0507. The molecular formula is C10H11BrFN3O5. The first kappa shape index (κ1) is 15.0. The topological polar surface area (TPSA) is 117 Å². The van der Waals surface area contributed by atoms with Gasteiger partial charge in [0.05, 0.1) is 12.7 Å². The molecule has 1 aliphatic rings. The van der Waals surface area contributed by atoms with Gasteiger partial charge in [-0.1, -0.05) is 0 Å². The first-order valence-electron chi connectivity index (χ1n) is 5.62. The Morgan fingerprint density at radius 1 is 1.65 bits per heavy atom. The van der Waals surface area contributed by atoms with Crippen molar-refractivity contribution in [2.45, 2.75) is 24.9 Å². The standard InChI is InChI=1S/C10H11BrFN3O5/c11-7(12)1-4-9(18)13-10(19)15(14-4)8-2-5(17)6(3-16)20-8/h1,5-6,8,16-17H,2-3H2,(H,13,18,19)/b7-1-/t5-,6+,8-/m0/s1. The van der Waals surface area contributed by atoms with E-state index in [-0.39, 0.29) is 12.1 Å². The van der Waals surface area contributed by atoms with Crippen molar-refractivity contribution < 1.29 is 19.3 Å². The highest BCUT2D eigenvalue weighted by Gasteiger charge is 2.35. The largest absolute Gasteiger partial charge is 0.394 e. The van der Waals surface area contributed by atoms with Gasteiger partial charge in [0.2, 0.25) is 0 Å². The highest BCUT2D eigenvalue weighted by Crippen LogP contribution is 2.26. The van der Waals surface area contributed by atoms with Crippen LogP contribution >= 0.6 is 15.9 Å². The molecular weight excluding hydrogens is 341 g/mol. The number of rotatable bonds is 3. The molecule has 1 aliphatic heterocycles. The summed E-state index contributed by atoms with van der Waals surface area (Å²) >= 11 is 2.51. The number of nitrogens with zero attached hydrogens (tertiary/aromatic N) is 2. The Morgan fingerprint density at radius 3 is 2.90 bits per heavy atom. The molecule has 2 rings (SSSR count). The van der Waals surface area contributed by atoms with E-state index >= 15 is 0 Å². The molecule has 0 bridgehead atoms. The van der Waals surface area contributed by atoms with Crippen molar-refractivity contribution in [3.05, 3.63) is 31.3 Å². The van der Waals surface area contributed by atoms with Gasteiger partial charge >= 0.3 is 5.69 Å². The van der Waals surface area contributed by atoms with Gasteiger partial charge in [-0.3, -0.25) is 9.78 Å². The van der Waals surface area contributed by atoms with Crippen LogP contribution in [-0.4, -0.2) is 43.8 Å². The van der Waals surface area contributed by atoms with Gasteiger partial charge in [0, 0.05) is 12.5 Å². The number of aliphatic hydroxyl groups excluding tert-OH is 2. The second-order valence-corrected chi connectivity index (χ2v) is 4.90. The molecule has 1 aromatic rings. The molecule has 3 N–H and O–H groups in total. The first-order chi connectivity index (χ1) is 9.42. The SMILES string of the molecule is O=c1[nH]c(=O)n([C@@H]2C[C@H](O)[C@@H](CO)O2)nc1/C=C(\F)Br. The molecule has 0 saturated carbocycles. The second kappa shape index (κ2) is 5.95. The van der Waals surface area contributed by atoms with E-state index in [2.05, 4.69) is 21.0 Å². The van der Waals surface area contributed by atoms with E-state index in [1.807, 2.05) is 4.98 Å². The molecule has 3 atom stereocenters. The van der Waals surface area contributed by atoms with Crippen LogP contribution in [0.4, 0.5) is 4.39 Å². The Morgan fingerprint density at radius 2 is 2.35 bits per heavy atom. The van der Waals surface area contributed by atoms with Gasteiger partial charge in [-0.2, -0.15) is 14.2 Å². The fourth-order valence-corrected chi connectivity index (χ4v) is 2.06. The summed E-state index contributed by atoms with van der Waals surface area (Å²) in [5.74, 6) is 0. The summed E-state index contributed by atoms with van der Waals surface area (Å²) in [6, 6.07) is 0. The molecule has 1 aromatic heterocycles. The van der Waals surface area contributed by atoms with Gasteiger partial charge in [0.25, 0.3) is 5.56 Å². The summed E-state index contributed by atoms with van der Waals surface area (Å²) in [5, 5.41) is 22.3. The fraction of sp³-hybridized carbons (Fsp3) is 0.500. The van der Waals surface area contributed by atoms with Crippen LogP contribution in [0.1, 0.15) is 18.3 Å². The Balaban J connectivity index is 2.40. The van der Waals surface area contributed by atoms with E-state index < -0.39 is 41.0 Å². The third-order valence-corrected chi connectivity index (χ3v) is 3.01. The molecule has 0 spiro atoms. The van der Waals surface area contributed by atoms with Crippen molar-refractivity contribution >= 4 is 22.0 Å². The van der Waals surface area contributed by atoms with Crippen LogP contribution in [-0.2, 0) is 4.74 Å². The van der Waals surface area contributed by atoms with Crippen LogP contribution < -0.4 is 11.2 Å². The van der Waals surface area contributed by atoms with Crippen LogP contribution in [0, 0.1) is 0 Å². The van der Waals surface area contributed by atoms with E-state index in [4.69, 9.17) is 9.84 Å². The van der Waals surface area contributed by atoms with E-state index in [0.717, 1.165) is 10.8 Å². The summed E-state index contributed by atoms with van der Waals surface area (Å²) in [7, 11) is 0. The van der Waals surface area contributed by atoms with Crippen molar-refractivity contribution in [1.29, 1.82) is 0 Å². The number of ether oxygens (including phenoxy) is 1. The quantitative estimate of drug-likeness (QED) is 0.658. The second-order valence-electron chi connectivity index (χ2n) is 4.14. The van der Waals surface area contributed by atoms with Gasteiger partial charge in [0.1, 0.15) is 6.10 Å². The summed E-state index contributed by atoms with van der Waals surface area (Å²) in [5.41, 5.74) is -2.03. The third-order valence-electron chi connectivity index (χ3n) is 2.78. The van der Waals surface area contributed by atoms with Crippen molar-refractivity contribution in [1.82, 2.24) is 14.8 Å². The summed E-state index contributed by atoms with van der Waals surface area (Å²) < 4.78 is 18.0. The average molecular weight is 352 g/mol. The number of aliphatic hydroxyl groups is 2. The maximum atomic E-state index is 12.7. The Labute approximate surface area is 119 Å². The molecule has 1 fully saturated rings. The summed E-state index contributed by atoms with van der Waals surface area (Å²) in [4.78, 5) is 25.1. The molecule has 0 aliphatic carbocycles. The number of nitrogens with one attached hydrogen (secondary N) is 1. The smallest absolute Gasteiger partial charge is 0.347 e. The molecule has 0 aromatic carbocycles. The molecule has 0 amide bonds. The minimum Gasteiger partial charge on any atom is -0.394 e. The Kier molecular flexibility index (Phi) is 4.48. The van der Waals surface area contributed by atoms with Gasteiger partial charge in [-0.25, -0.2) is 4.79 Å². The Bertz CT molecular complexity index is 639. The molecule has 20 heavy (non-hydrogen) atoms. The fourth-order valence-electron chi connectivity index (χ4n) is 1.85. The zero-order chi connectivity index (χ0) is 14.9. The lowest BCUT2D eigenvalue weighted by atomic mass is 10.2. The highest BCUT2D eigenvalue weighted by molar-refractivity contribution is 9.11. The molecule has 0 unspecified atom stereocenters. The molecule has 0 radical (unpaired) electrons. The number of halogens is 2. The number of hydrogen-bond donors (Lipinski definition) is 3. The Hall–Kier alpha value is -1.36. The molecule has 1 saturated heterocycles. The van der Waals surface area contributed by atoms with Gasteiger partial charge in [-0.15, -0.1) is 0 Å². The minimum absolute atomic E-state index is 0.0180.